The molecule has 0 unspecified atom stereocenters. The van der Waals surface area contributed by atoms with E-state index in [0.29, 0.717) is 52.1 Å². The Morgan fingerprint density at radius 1 is 1.02 bits per heavy atom. The average Bonchev–Trinajstić information content (AvgIpc) is 3.33. The van der Waals surface area contributed by atoms with Gasteiger partial charge in [-0.3, -0.25) is 4.98 Å². The summed E-state index contributed by atoms with van der Waals surface area (Å²) >= 11 is 0. The summed E-state index contributed by atoms with van der Waals surface area (Å²) in [5, 5.41) is 12.3. The van der Waals surface area contributed by atoms with Crippen molar-refractivity contribution in [2.24, 2.45) is 0 Å². The van der Waals surface area contributed by atoms with Gasteiger partial charge in [-0.05, 0) is 62.9 Å². The number of anilines is 2. The molecule has 3 fully saturated rings. The normalized spacial score (nSPS) is 21.1. The molecule has 7 rings (SSSR count). The zero-order valence-corrected chi connectivity index (χ0v) is 24.6. The van der Waals surface area contributed by atoms with E-state index in [9.17, 15) is 9.50 Å². The Hall–Kier alpha value is -3.91. The molecule has 3 aliphatic heterocycles. The summed E-state index contributed by atoms with van der Waals surface area (Å²) in [6, 6.07) is 6.26. The van der Waals surface area contributed by atoms with Crippen LogP contribution in [-0.4, -0.2) is 83.5 Å². The predicted octanol–water partition coefficient (Wildman–Crippen LogP) is 4.45. The molecular weight excluding hydrogens is 550 g/mol. The maximum absolute atomic E-state index is 16.9. The number of ether oxygens (including phenoxy) is 1. The van der Waals surface area contributed by atoms with Gasteiger partial charge in [0.05, 0.1) is 28.8 Å². The molecule has 10 heteroatoms. The number of likely N-dealkylation sites (N-methyl/N-ethyl adjacent to an activating group) is 1. The molecule has 0 spiro atoms. The van der Waals surface area contributed by atoms with Crippen LogP contribution in [-0.2, 0) is 10.3 Å². The lowest BCUT2D eigenvalue weighted by Crippen LogP contribution is -2.46. The molecule has 1 N–H and O–H groups in total. The van der Waals surface area contributed by atoms with Crippen molar-refractivity contribution < 1.29 is 18.6 Å². The van der Waals surface area contributed by atoms with Crippen molar-refractivity contribution in [3.05, 3.63) is 53.2 Å². The first-order valence-corrected chi connectivity index (χ1v) is 14.8. The number of morpholine rings is 1. The number of terminal acetylenes is 1. The fourth-order valence-electron chi connectivity index (χ4n) is 6.52. The first-order valence-electron chi connectivity index (χ1n) is 14.8. The maximum atomic E-state index is 16.9. The van der Waals surface area contributed by atoms with Crippen LogP contribution in [0.25, 0.3) is 32.9 Å². The van der Waals surface area contributed by atoms with Gasteiger partial charge < -0.3 is 24.5 Å². The minimum absolute atomic E-state index is 0.0123. The van der Waals surface area contributed by atoms with Crippen molar-refractivity contribution in [1.29, 1.82) is 0 Å². The van der Waals surface area contributed by atoms with Crippen LogP contribution in [0.4, 0.5) is 20.5 Å². The number of rotatable bonds is 4. The molecule has 2 bridgehead atoms. The number of hydrogen-bond acceptors (Lipinski definition) is 8. The Morgan fingerprint density at radius 2 is 1.74 bits per heavy atom. The number of fused-ring (bicyclic) bond motifs is 4. The molecule has 0 radical (unpaired) electrons. The lowest BCUT2D eigenvalue weighted by molar-refractivity contribution is 0.0303. The van der Waals surface area contributed by atoms with Crippen LogP contribution in [0.2, 0.25) is 0 Å². The van der Waals surface area contributed by atoms with Gasteiger partial charge in [0.1, 0.15) is 22.8 Å². The number of piperazine rings is 1. The van der Waals surface area contributed by atoms with Gasteiger partial charge in [0, 0.05) is 56.4 Å². The van der Waals surface area contributed by atoms with E-state index in [4.69, 9.17) is 21.1 Å². The predicted molar refractivity (Wildman–Crippen MR) is 163 cm³/mol. The van der Waals surface area contributed by atoms with Crippen LogP contribution in [0.5, 0.6) is 0 Å². The van der Waals surface area contributed by atoms with E-state index in [1.54, 1.807) is 38.2 Å². The molecule has 4 aromatic rings. The number of aliphatic hydroxyl groups is 1. The van der Waals surface area contributed by atoms with Crippen LogP contribution in [0.3, 0.4) is 0 Å². The second-order valence-electron chi connectivity index (χ2n) is 12.4. The number of hydrogen-bond donors (Lipinski definition) is 1. The third kappa shape index (κ3) is 4.85. The highest BCUT2D eigenvalue weighted by atomic mass is 19.1. The summed E-state index contributed by atoms with van der Waals surface area (Å²) in [7, 11) is 2.07. The second-order valence-corrected chi connectivity index (χ2v) is 12.4. The molecule has 0 saturated carbocycles. The summed E-state index contributed by atoms with van der Waals surface area (Å²) in [4.78, 5) is 20.9. The molecular formula is C33H34F2N6O2. The Balaban J connectivity index is 1.47. The second kappa shape index (κ2) is 10.4. The number of pyridine rings is 1. The Bertz CT molecular complexity index is 1780. The lowest BCUT2D eigenvalue weighted by atomic mass is 9.89. The van der Waals surface area contributed by atoms with Crippen LogP contribution < -0.4 is 9.80 Å². The van der Waals surface area contributed by atoms with Crippen molar-refractivity contribution in [2.75, 3.05) is 56.1 Å². The molecule has 0 amide bonds. The maximum Gasteiger partial charge on any atom is 0.228 e. The van der Waals surface area contributed by atoms with Crippen molar-refractivity contribution >= 4 is 33.4 Å². The van der Waals surface area contributed by atoms with Gasteiger partial charge in [-0.15, -0.1) is 6.42 Å². The first kappa shape index (κ1) is 27.9. The quantitative estimate of drug-likeness (QED) is 0.353. The highest BCUT2D eigenvalue weighted by Crippen LogP contribution is 2.40. The van der Waals surface area contributed by atoms with Gasteiger partial charge in [-0.2, -0.15) is 4.98 Å². The molecule has 43 heavy (non-hydrogen) atoms. The fraction of sp³-hybridized carbons (Fsp3) is 0.424. The largest absolute Gasteiger partial charge is 0.386 e. The topological polar surface area (TPSA) is 77.9 Å². The van der Waals surface area contributed by atoms with Crippen LogP contribution >= 0.6 is 0 Å². The van der Waals surface area contributed by atoms with E-state index < -0.39 is 17.2 Å². The van der Waals surface area contributed by atoms with E-state index in [1.807, 2.05) is 0 Å². The molecule has 8 nitrogen and oxygen atoms in total. The molecule has 222 valence electrons. The number of aromatic nitrogens is 3. The third-order valence-corrected chi connectivity index (χ3v) is 8.95. The number of nitrogens with zero attached hydrogens (tertiary/aromatic N) is 6. The number of halogens is 2. The van der Waals surface area contributed by atoms with E-state index >= 15 is 4.39 Å². The van der Waals surface area contributed by atoms with E-state index in [0.717, 1.165) is 39.0 Å². The molecule has 3 aliphatic rings. The van der Waals surface area contributed by atoms with E-state index in [-0.39, 0.29) is 29.0 Å². The zero-order chi connectivity index (χ0) is 30.0. The van der Waals surface area contributed by atoms with Crippen molar-refractivity contribution in [3.8, 4) is 23.6 Å². The Kier molecular flexibility index (Phi) is 6.73. The smallest absolute Gasteiger partial charge is 0.228 e. The standard InChI is InChI=1S/C33H34F2N6O2/c1-5-23-26(34)9-6-19-14-20(33(2,3)42)15-24(27(19)23)29-28(35)30-25(16-36-29)31(41-17-21-7-8-22(18-41)43-21)38-32(37-30)40-12-10-39(4)11-13-40/h1,6,9,14-16,21-22,42H,7-8,10-13,17-18H2,2-4H3/t21-,22+. The highest BCUT2D eigenvalue weighted by Gasteiger charge is 2.36. The molecule has 2 aromatic heterocycles. The fourth-order valence-corrected chi connectivity index (χ4v) is 6.52. The zero-order valence-electron chi connectivity index (χ0n) is 24.6. The van der Waals surface area contributed by atoms with Crippen molar-refractivity contribution in [1.82, 2.24) is 19.9 Å². The van der Waals surface area contributed by atoms with Gasteiger partial charge >= 0.3 is 0 Å². The molecule has 5 heterocycles. The Labute approximate surface area is 249 Å². The molecule has 2 aromatic carbocycles. The lowest BCUT2D eigenvalue weighted by Gasteiger charge is -2.35. The number of benzene rings is 2. The highest BCUT2D eigenvalue weighted by molar-refractivity contribution is 6.02. The summed E-state index contributed by atoms with van der Waals surface area (Å²) in [6.07, 6.45) is 9.57. The summed E-state index contributed by atoms with van der Waals surface area (Å²) in [5.74, 6) is 2.32. The van der Waals surface area contributed by atoms with Gasteiger partial charge in [-0.25, -0.2) is 13.8 Å². The van der Waals surface area contributed by atoms with Gasteiger partial charge in [0.25, 0.3) is 0 Å². The summed E-state index contributed by atoms with van der Waals surface area (Å²) in [6.45, 7) is 7.75. The summed E-state index contributed by atoms with van der Waals surface area (Å²) in [5.41, 5.74) is -0.282. The van der Waals surface area contributed by atoms with E-state index in [2.05, 4.69) is 32.7 Å². The minimum Gasteiger partial charge on any atom is -0.386 e. The van der Waals surface area contributed by atoms with Gasteiger partial charge in [0.15, 0.2) is 5.82 Å². The monoisotopic (exact) mass is 584 g/mol. The SMILES string of the molecule is C#Cc1c(F)ccc2cc(C(C)(C)O)cc(-c3ncc4c(N5C[C@H]6CC[C@@H](C5)O6)nc(N5CCN(C)CC5)nc4c3F)c12. The molecule has 2 atom stereocenters. The van der Waals surface area contributed by atoms with Crippen molar-refractivity contribution in [2.45, 2.75) is 44.5 Å². The van der Waals surface area contributed by atoms with Crippen LogP contribution in [0.1, 0.15) is 37.8 Å². The van der Waals surface area contributed by atoms with Crippen molar-refractivity contribution in [3.63, 3.8) is 0 Å². The van der Waals surface area contributed by atoms with Crippen LogP contribution in [0, 0.1) is 24.0 Å². The molecule has 3 saturated heterocycles. The first-order chi connectivity index (χ1) is 20.6. The third-order valence-electron chi connectivity index (χ3n) is 8.95. The van der Waals surface area contributed by atoms with Gasteiger partial charge in [0.2, 0.25) is 5.95 Å². The molecule has 0 aliphatic carbocycles. The average molecular weight is 585 g/mol. The van der Waals surface area contributed by atoms with E-state index in [1.165, 1.54) is 6.07 Å². The van der Waals surface area contributed by atoms with Gasteiger partial charge in [-0.1, -0.05) is 12.0 Å². The van der Waals surface area contributed by atoms with Crippen LogP contribution in [0.15, 0.2) is 30.5 Å². The summed E-state index contributed by atoms with van der Waals surface area (Å²) < 4.78 is 38.0. The minimum atomic E-state index is -1.25. The Morgan fingerprint density at radius 3 is 2.42 bits per heavy atom.